The number of hydrogen-bond acceptors (Lipinski definition) is 6. The van der Waals surface area contributed by atoms with Gasteiger partial charge < -0.3 is 24.1 Å². The highest BCUT2D eigenvalue weighted by Crippen LogP contribution is 2.24. The van der Waals surface area contributed by atoms with Crippen LogP contribution in [0.15, 0.2) is 53.1 Å². The van der Waals surface area contributed by atoms with Crippen molar-refractivity contribution in [2.45, 2.75) is 13.0 Å². The largest absolute Gasteiger partial charge is 0.497 e. The van der Waals surface area contributed by atoms with Crippen molar-refractivity contribution in [1.82, 2.24) is 10.5 Å². The first-order valence-electron chi connectivity index (χ1n) is 9.36. The van der Waals surface area contributed by atoms with E-state index in [1.807, 2.05) is 18.2 Å². The fourth-order valence-corrected chi connectivity index (χ4v) is 2.84. The molecule has 0 saturated heterocycles. The molecule has 0 aliphatic carbocycles. The molecule has 2 aromatic carbocycles. The Bertz CT molecular complexity index is 972. The van der Waals surface area contributed by atoms with E-state index in [-0.39, 0.29) is 24.9 Å². The minimum Gasteiger partial charge on any atom is -0.497 e. The Balaban J connectivity index is 1.41. The molecule has 0 saturated carbocycles. The molecule has 0 bridgehead atoms. The number of amides is 1. The Labute approximate surface area is 173 Å². The Morgan fingerprint density at radius 3 is 2.63 bits per heavy atom. The number of ether oxygens (including phenoxy) is 3. The molecular formula is C22H23FN2O5. The van der Waals surface area contributed by atoms with Gasteiger partial charge in [0.2, 0.25) is 5.91 Å². The summed E-state index contributed by atoms with van der Waals surface area (Å²) in [5, 5.41) is 6.70. The Morgan fingerprint density at radius 1 is 1.10 bits per heavy atom. The average Bonchev–Trinajstić information content (AvgIpc) is 3.23. The third kappa shape index (κ3) is 5.81. The molecule has 0 fully saturated rings. The maximum atomic E-state index is 13.0. The van der Waals surface area contributed by atoms with Gasteiger partial charge in [0.25, 0.3) is 0 Å². The second-order valence-corrected chi connectivity index (χ2v) is 6.46. The van der Waals surface area contributed by atoms with Gasteiger partial charge in [-0.25, -0.2) is 4.39 Å². The minimum atomic E-state index is -0.322. The van der Waals surface area contributed by atoms with Crippen molar-refractivity contribution in [3.63, 3.8) is 0 Å². The highest BCUT2D eigenvalue weighted by Gasteiger charge is 2.09. The third-order valence-corrected chi connectivity index (χ3v) is 4.37. The van der Waals surface area contributed by atoms with Crippen LogP contribution in [0.5, 0.6) is 11.5 Å². The number of carbonyl (C=O) groups is 1. The van der Waals surface area contributed by atoms with E-state index in [1.165, 1.54) is 12.1 Å². The molecule has 0 atom stereocenters. The first-order chi connectivity index (χ1) is 14.6. The van der Waals surface area contributed by atoms with Crippen molar-refractivity contribution in [3.05, 3.63) is 65.6 Å². The van der Waals surface area contributed by atoms with Crippen LogP contribution in [0.1, 0.15) is 11.3 Å². The van der Waals surface area contributed by atoms with Crippen molar-refractivity contribution in [2.24, 2.45) is 0 Å². The van der Waals surface area contributed by atoms with Crippen molar-refractivity contribution in [2.75, 3.05) is 27.4 Å². The minimum absolute atomic E-state index is 0.103. The number of hydrogen-bond donors (Lipinski definition) is 1. The van der Waals surface area contributed by atoms with Gasteiger partial charge in [-0.3, -0.25) is 4.79 Å². The topological polar surface area (TPSA) is 82.8 Å². The molecule has 0 radical (unpaired) electrons. The molecule has 8 heteroatoms. The Morgan fingerprint density at radius 2 is 1.90 bits per heavy atom. The van der Waals surface area contributed by atoms with Gasteiger partial charge in [-0.2, -0.15) is 0 Å². The highest BCUT2D eigenvalue weighted by atomic mass is 19.1. The van der Waals surface area contributed by atoms with Gasteiger partial charge in [0.15, 0.2) is 5.76 Å². The lowest BCUT2D eigenvalue weighted by molar-refractivity contribution is -0.126. The molecule has 3 rings (SSSR count). The summed E-state index contributed by atoms with van der Waals surface area (Å²) in [6.45, 7) is 0.459. The second kappa shape index (κ2) is 10.4. The summed E-state index contributed by atoms with van der Waals surface area (Å²) < 4.78 is 34.2. The first-order valence-corrected chi connectivity index (χ1v) is 9.36. The fourth-order valence-electron chi connectivity index (χ4n) is 2.84. The summed E-state index contributed by atoms with van der Waals surface area (Å²) in [7, 11) is 3.20. The molecule has 1 heterocycles. The van der Waals surface area contributed by atoms with Crippen molar-refractivity contribution in [1.29, 1.82) is 0 Å². The lowest BCUT2D eigenvalue weighted by Crippen LogP contribution is -2.29. The lowest BCUT2D eigenvalue weighted by Gasteiger charge is -2.11. The maximum absolute atomic E-state index is 13.0. The van der Waals surface area contributed by atoms with Crippen LogP contribution in [0.4, 0.5) is 4.39 Å². The van der Waals surface area contributed by atoms with Gasteiger partial charge in [-0.15, -0.1) is 0 Å². The molecule has 30 heavy (non-hydrogen) atoms. The van der Waals surface area contributed by atoms with Crippen LogP contribution >= 0.6 is 0 Å². The quantitative estimate of drug-likeness (QED) is 0.548. The second-order valence-electron chi connectivity index (χ2n) is 6.46. The number of halogens is 1. The zero-order valence-electron chi connectivity index (χ0n) is 16.8. The lowest BCUT2D eigenvalue weighted by atomic mass is 10.1. The number of nitrogens with one attached hydrogen (secondary N) is 1. The predicted molar refractivity (Wildman–Crippen MR) is 108 cm³/mol. The van der Waals surface area contributed by atoms with Gasteiger partial charge in [0.05, 0.1) is 20.8 Å². The van der Waals surface area contributed by atoms with E-state index in [4.69, 9.17) is 18.7 Å². The zero-order valence-corrected chi connectivity index (χ0v) is 16.8. The number of nitrogens with zero attached hydrogens (tertiary/aromatic N) is 1. The van der Waals surface area contributed by atoms with Crippen LogP contribution in [0.25, 0.3) is 11.3 Å². The molecule has 0 aliphatic heterocycles. The zero-order chi connectivity index (χ0) is 21.3. The van der Waals surface area contributed by atoms with Crippen LogP contribution in [-0.4, -0.2) is 38.4 Å². The summed E-state index contributed by atoms with van der Waals surface area (Å²) >= 11 is 0. The van der Waals surface area contributed by atoms with Gasteiger partial charge in [0.1, 0.15) is 29.6 Å². The standard InChI is InChI=1S/C22H23FN2O5/c1-27-19-7-8-20(28-2)16(11-19)9-10-24-22(26)14-29-13-18-12-21(30-25-18)15-3-5-17(23)6-4-15/h3-8,11-12H,9-10,13-14H2,1-2H3,(H,24,26). The van der Waals surface area contributed by atoms with Gasteiger partial charge >= 0.3 is 0 Å². The van der Waals surface area contributed by atoms with E-state index in [2.05, 4.69) is 10.5 Å². The van der Waals surface area contributed by atoms with E-state index in [0.717, 1.165) is 17.1 Å². The van der Waals surface area contributed by atoms with E-state index < -0.39 is 0 Å². The number of aromatic nitrogens is 1. The summed E-state index contributed by atoms with van der Waals surface area (Å²) in [4.78, 5) is 12.0. The predicted octanol–water partition coefficient (Wildman–Crippen LogP) is 3.37. The number of benzene rings is 2. The van der Waals surface area contributed by atoms with Crippen LogP contribution in [0.3, 0.4) is 0 Å². The molecule has 3 aromatic rings. The number of carbonyl (C=O) groups excluding carboxylic acids is 1. The summed E-state index contributed by atoms with van der Waals surface area (Å²) in [5.41, 5.74) is 2.19. The van der Waals surface area contributed by atoms with E-state index in [9.17, 15) is 9.18 Å². The monoisotopic (exact) mass is 414 g/mol. The summed E-state index contributed by atoms with van der Waals surface area (Å²) in [5.74, 6) is 1.42. The summed E-state index contributed by atoms with van der Waals surface area (Å²) in [6.07, 6.45) is 0.594. The first kappa shape index (κ1) is 21.3. The number of rotatable bonds is 10. The normalized spacial score (nSPS) is 10.6. The van der Waals surface area contributed by atoms with Crippen molar-refractivity contribution < 1.29 is 27.9 Å². The number of methoxy groups -OCH3 is 2. The molecule has 158 valence electrons. The highest BCUT2D eigenvalue weighted by molar-refractivity contribution is 5.77. The molecule has 1 aromatic heterocycles. The summed E-state index contributed by atoms with van der Waals surface area (Å²) in [6, 6.07) is 13.1. The van der Waals surface area contributed by atoms with Crippen LogP contribution in [-0.2, 0) is 22.6 Å². The van der Waals surface area contributed by atoms with Crippen LogP contribution in [0.2, 0.25) is 0 Å². The SMILES string of the molecule is COc1ccc(OC)c(CCNC(=O)COCc2cc(-c3ccc(F)cc3)on2)c1. The molecular weight excluding hydrogens is 391 g/mol. The fraction of sp³-hybridized carbons (Fsp3) is 0.273. The van der Waals surface area contributed by atoms with Gasteiger partial charge in [-0.1, -0.05) is 5.16 Å². The van der Waals surface area contributed by atoms with Crippen molar-refractivity contribution >= 4 is 5.91 Å². The van der Waals surface area contributed by atoms with Crippen LogP contribution in [0, 0.1) is 5.82 Å². The maximum Gasteiger partial charge on any atom is 0.246 e. The molecule has 1 amide bonds. The average molecular weight is 414 g/mol. The van der Waals surface area contributed by atoms with E-state index in [1.54, 1.807) is 32.4 Å². The van der Waals surface area contributed by atoms with Crippen molar-refractivity contribution in [3.8, 4) is 22.8 Å². The third-order valence-electron chi connectivity index (χ3n) is 4.37. The van der Waals surface area contributed by atoms with Gasteiger partial charge in [0, 0.05) is 18.2 Å². The molecule has 0 spiro atoms. The smallest absolute Gasteiger partial charge is 0.246 e. The molecule has 1 N–H and O–H groups in total. The molecule has 7 nitrogen and oxygen atoms in total. The van der Waals surface area contributed by atoms with Crippen LogP contribution < -0.4 is 14.8 Å². The Hall–Kier alpha value is -3.39. The molecule has 0 unspecified atom stereocenters. The Kier molecular flexibility index (Phi) is 7.40. The molecule has 0 aliphatic rings. The van der Waals surface area contributed by atoms with E-state index in [0.29, 0.717) is 30.0 Å². The van der Waals surface area contributed by atoms with E-state index >= 15 is 0 Å². The van der Waals surface area contributed by atoms with Gasteiger partial charge in [-0.05, 0) is 54.4 Å².